The Morgan fingerprint density at radius 1 is 1.33 bits per heavy atom. The Morgan fingerprint density at radius 3 is 2.77 bits per heavy atom. The number of imidazole rings is 1. The molecule has 3 aromatic rings. The zero-order valence-electron chi connectivity index (χ0n) is 16.6. The number of sulfonamides is 1. The van der Waals surface area contributed by atoms with Crippen LogP contribution in [0.2, 0.25) is 5.15 Å². The van der Waals surface area contributed by atoms with Gasteiger partial charge in [-0.15, -0.1) is 0 Å². The monoisotopic (exact) mass is 465 g/mol. The molecule has 1 aliphatic rings. The van der Waals surface area contributed by atoms with Crippen molar-refractivity contribution in [2.45, 2.75) is 31.7 Å². The zero-order chi connectivity index (χ0) is 21.6. The number of aryl methyl sites for hydroxylation is 3. The number of carbonyl (C=O) groups is 1. The maximum atomic E-state index is 13.3. The summed E-state index contributed by atoms with van der Waals surface area (Å²) in [5.41, 5.74) is 3.34. The van der Waals surface area contributed by atoms with Crippen LogP contribution in [0, 0.1) is 6.92 Å². The van der Waals surface area contributed by atoms with Gasteiger partial charge in [0.25, 0.3) is 10.0 Å². The Kier molecular flexibility index (Phi) is 5.33. The molecule has 1 aliphatic heterocycles. The maximum absolute atomic E-state index is 13.3. The fourth-order valence-corrected chi connectivity index (χ4v) is 6.78. The van der Waals surface area contributed by atoms with E-state index in [-0.39, 0.29) is 16.1 Å². The van der Waals surface area contributed by atoms with Crippen LogP contribution in [0.5, 0.6) is 0 Å². The summed E-state index contributed by atoms with van der Waals surface area (Å²) in [5, 5.41) is 3.21. The summed E-state index contributed by atoms with van der Waals surface area (Å²) in [6, 6.07) is 5.71. The molecule has 8 nitrogen and oxygen atoms in total. The van der Waals surface area contributed by atoms with Gasteiger partial charge in [0, 0.05) is 20.5 Å². The van der Waals surface area contributed by atoms with Crippen molar-refractivity contribution in [1.29, 1.82) is 0 Å². The standard InChI is InChI=1S/C19H20ClN5O3S2/c1-11-16(29-19(22-11)23-12(2)26)14-6-7-15-13(9-14)5-4-8-25(15)30(27,28)18-17(20)21-10-24(18)3/h6-7,9-10H,4-5,8H2,1-3H3,(H,22,23,26). The number of nitrogens with zero attached hydrogens (tertiary/aromatic N) is 4. The fraction of sp³-hybridized carbons (Fsp3) is 0.316. The van der Waals surface area contributed by atoms with Gasteiger partial charge in [-0.1, -0.05) is 29.0 Å². The first kappa shape index (κ1) is 20.8. The summed E-state index contributed by atoms with van der Waals surface area (Å²) in [6.45, 7) is 3.71. The summed E-state index contributed by atoms with van der Waals surface area (Å²) < 4.78 is 29.4. The lowest BCUT2D eigenvalue weighted by Crippen LogP contribution is -2.36. The second-order valence-electron chi connectivity index (χ2n) is 7.09. The van der Waals surface area contributed by atoms with Crippen LogP contribution < -0.4 is 9.62 Å². The van der Waals surface area contributed by atoms with Crippen LogP contribution in [0.1, 0.15) is 24.6 Å². The highest BCUT2D eigenvalue weighted by molar-refractivity contribution is 7.92. The number of benzene rings is 1. The van der Waals surface area contributed by atoms with Crippen LogP contribution in [0.15, 0.2) is 29.6 Å². The van der Waals surface area contributed by atoms with E-state index in [1.54, 1.807) is 7.05 Å². The summed E-state index contributed by atoms with van der Waals surface area (Å²) in [4.78, 5) is 20.6. The first-order valence-corrected chi connectivity index (χ1v) is 11.9. The van der Waals surface area contributed by atoms with Crippen LogP contribution in [0.3, 0.4) is 0 Å². The van der Waals surface area contributed by atoms with Gasteiger partial charge in [0.15, 0.2) is 15.3 Å². The Morgan fingerprint density at radius 2 is 2.10 bits per heavy atom. The second-order valence-corrected chi connectivity index (χ2v) is 10.2. The first-order chi connectivity index (χ1) is 14.2. The molecule has 0 saturated carbocycles. The molecule has 0 atom stereocenters. The summed E-state index contributed by atoms with van der Waals surface area (Å²) >= 11 is 7.46. The van der Waals surface area contributed by atoms with Gasteiger partial charge in [-0.2, -0.15) is 8.42 Å². The molecule has 4 rings (SSSR count). The quantitative estimate of drug-likeness (QED) is 0.634. The van der Waals surface area contributed by atoms with E-state index in [0.29, 0.717) is 23.8 Å². The third-order valence-electron chi connectivity index (χ3n) is 4.87. The van der Waals surface area contributed by atoms with Crippen LogP contribution in [-0.4, -0.2) is 35.4 Å². The fourth-order valence-electron chi connectivity index (χ4n) is 3.61. The number of fused-ring (bicyclic) bond motifs is 1. The van der Waals surface area contributed by atoms with Crippen molar-refractivity contribution in [2.75, 3.05) is 16.2 Å². The number of hydrogen-bond donors (Lipinski definition) is 1. The van der Waals surface area contributed by atoms with Crippen molar-refractivity contribution in [3.63, 3.8) is 0 Å². The third-order valence-corrected chi connectivity index (χ3v) is 8.31. The predicted octanol–water partition coefficient (Wildman–Crippen LogP) is 3.61. The smallest absolute Gasteiger partial charge is 0.283 e. The second kappa shape index (κ2) is 7.68. The minimum atomic E-state index is -3.84. The van der Waals surface area contributed by atoms with Crippen LogP contribution in [-0.2, 0) is 28.3 Å². The van der Waals surface area contributed by atoms with Crippen molar-refractivity contribution < 1.29 is 13.2 Å². The molecule has 0 radical (unpaired) electrons. The Hall–Kier alpha value is -2.43. The number of thiazole rings is 1. The summed E-state index contributed by atoms with van der Waals surface area (Å²) in [7, 11) is -2.23. The summed E-state index contributed by atoms with van der Waals surface area (Å²) in [5.74, 6) is -0.171. The van der Waals surface area contributed by atoms with Gasteiger partial charge < -0.3 is 9.88 Å². The Balaban J connectivity index is 1.74. The van der Waals surface area contributed by atoms with Gasteiger partial charge in [0.05, 0.1) is 22.6 Å². The Labute approximate surface area is 183 Å². The lowest BCUT2D eigenvalue weighted by atomic mass is 10.00. The van der Waals surface area contributed by atoms with Gasteiger partial charge in [-0.3, -0.25) is 9.10 Å². The molecular formula is C19H20ClN5O3S2. The predicted molar refractivity (Wildman–Crippen MR) is 118 cm³/mol. The maximum Gasteiger partial charge on any atom is 0.283 e. The average molecular weight is 466 g/mol. The molecule has 158 valence electrons. The van der Waals surface area contributed by atoms with Crippen LogP contribution >= 0.6 is 22.9 Å². The number of rotatable bonds is 4. The molecule has 0 bridgehead atoms. The molecule has 3 heterocycles. The number of hydrogen-bond acceptors (Lipinski definition) is 6. The van der Waals surface area contributed by atoms with Gasteiger partial charge in [0.1, 0.15) is 0 Å². The van der Waals surface area contributed by atoms with Gasteiger partial charge in [-0.05, 0) is 43.0 Å². The molecule has 30 heavy (non-hydrogen) atoms. The van der Waals surface area contributed by atoms with Crippen molar-refractivity contribution >= 4 is 49.7 Å². The number of amides is 1. The van der Waals surface area contributed by atoms with E-state index >= 15 is 0 Å². The van der Waals surface area contributed by atoms with Crippen LogP contribution in [0.4, 0.5) is 10.8 Å². The molecule has 2 aromatic heterocycles. The molecule has 0 unspecified atom stereocenters. The molecule has 11 heteroatoms. The number of halogens is 1. The van der Waals surface area contributed by atoms with Crippen molar-refractivity contribution in [3.8, 4) is 10.4 Å². The third kappa shape index (κ3) is 3.59. The highest BCUT2D eigenvalue weighted by atomic mass is 35.5. The van der Waals surface area contributed by atoms with E-state index in [9.17, 15) is 13.2 Å². The molecule has 0 spiro atoms. The van der Waals surface area contributed by atoms with Crippen molar-refractivity contribution in [3.05, 3.63) is 40.9 Å². The topological polar surface area (TPSA) is 97.2 Å². The normalized spacial score (nSPS) is 13.9. The van der Waals surface area contributed by atoms with Gasteiger partial charge in [0.2, 0.25) is 5.91 Å². The van der Waals surface area contributed by atoms with Crippen LogP contribution in [0.25, 0.3) is 10.4 Å². The zero-order valence-corrected chi connectivity index (χ0v) is 19.0. The highest BCUT2D eigenvalue weighted by Gasteiger charge is 2.33. The van der Waals surface area contributed by atoms with Crippen molar-refractivity contribution in [1.82, 2.24) is 14.5 Å². The average Bonchev–Trinajstić information content (AvgIpc) is 3.21. The first-order valence-electron chi connectivity index (χ1n) is 9.26. The van der Waals surface area contributed by atoms with E-state index in [4.69, 9.17) is 11.6 Å². The number of nitrogens with one attached hydrogen (secondary N) is 1. The van der Waals surface area contributed by atoms with E-state index in [0.717, 1.165) is 28.1 Å². The number of carbonyl (C=O) groups excluding carboxylic acids is 1. The molecule has 1 aromatic carbocycles. The van der Waals surface area contributed by atoms with E-state index in [1.165, 1.54) is 33.5 Å². The lowest BCUT2D eigenvalue weighted by molar-refractivity contribution is -0.114. The van der Waals surface area contributed by atoms with Gasteiger partial charge >= 0.3 is 0 Å². The SMILES string of the molecule is CC(=O)Nc1nc(C)c(-c2ccc3c(c2)CCCN3S(=O)(=O)c2c(Cl)ncn2C)s1. The van der Waals surface area contributed by atoms with Crippen molar-refractivity contribution in [2.24, 2.45) is 7.05 Å². The highest BCUT2D eigenvalue weighted by Crippen LogP contribution is 2.39. The summed E-state index contributed by atoms with van der Waals surface area (Å²) in [6.07, 6.45) is 2.86. The largest absolute Gasteiger partial charge is 0.322 e. The van der Waals surface area contributed by atoms with E-state index in [1.807, 2.05) is 25.1 Å². The lowest BCUT2D eigenvalue weighted by Gasteiger charge is -2.30. The number of anilines is 2. The number of aromatic nitrogens is 3. The molecule has 0 saturated heterocycles. The molecule has 0 aliphatic carbocycles. The molecular weight excluding hydrogens is 446 g/mol. The minimum Gasteiger partial charge on any atom is -0.322 e. The molecule has 1 amide bonds. The van der Waals surface area contributed by atoms with E-state index < -0.39 is 10.0 Å². The molecule has 1 N–H and O–H groups in total. The minimum absolute atomic E-state index is 0.0145. The molecule has 0 fully saturated rings. The Bertz CT molecular complexity index is 1230. The van der Waals surface area contributed by atoms with Gasteiger partial charge in [-0.25, -0.2) is 9.97 Å². The van der Waals surface area contributed by atoms with E-state index in [2.05, 4.69) is 15.3 Å².